The van der Waals surface area contributed by atoms with Crippen LogP contribution >= 0.6 is 11.6 Å². The lowest BCUT2D eigenvalue weighted by atomic mass is 10.2. The highest BCUT2D eigenvalue weighted by Gasteiger charge is 2.31. The summed E-state index contributed by atoms with van der Waals surface area (Å²) in [6, 6.07) is 6.17. The Balaban J connectivity index is 1.33. The average Bonchev–Trinajstić information content (AvgIpc) is 3.46. The fourth-order valence-electron chi connectivity index (χ4n) is 3.83. The second-order valence-electron chi connectivity index (χ2n) is 7.68. The van der Waals surface area contributed by atoms with Crippen molar-refractivity contribution >= 4 is 33.0 Å². The molecule has 4 aromatic rings. The highest BCUT2D eigenvalue weighted by Crippen LogP contribution is 2.20. The van der Waals surface area contributed by atoms with Crippen LogP contribution in [-0.2, 0) is 10.0 Å². The number of aromatic nitrogens is 6. The second kappa shape index (κ2) is 8.34. The third-order valence-electron chi connectivity index (χ3n) is 5.69. The summed E-state index contributed by atoms with van der Waals surface area (Å²) in [7, 11) is -3.74. The first-order valence-electron chi connectivity index (χ1n) is 10.3. The predicted molar refractivity (Wildman–Crippen MR) is 122 cm³/mol. The number of hydrogen-bond donors (Lipinski definition) is 1. The van der Waals surface area contributed by atoms with Crippen LogP contribution < -0.4 is 5.56 Å². The standard InChI is InChI=1S/C20H19ClN8O4S/c1-13-15(12-23-29(13)20-24-18(30)16-3-2-6-28(16)25-20)19(31)26-7-9-27(10-8-26)34(32,33)14-4-5-17(21)22-11-14/h2-6,11-12H,7-10H2,1H3,(H,24,25,30). The van der Waals surface area contributed by atoms with Crippen LogP contribution in [0.5, 0.6) is 0 Å². The molecule has 12 nitrogen and oxygen atoms in total. The molecule has 1 N–H and O–H groups in total. The molecule has 0 spiro atoms. The van der Waals surface area contributed by atoms with Gasteiger partial charge in [0.05, 0.1) is 17.5 Å². The summed E-state index contributed by atoms with van der Waals surface area (Å²) in [5, 5.41) is 8.77. The highest BCUT2D eigenvalue weighted by molar-refractivity contribution is 7.89. The van der Waals surface area contributed by atoms with Crippen molar-refractivity contribution in [3.8, 4) is 5.95 Å². The molecule has 0 aliphatic carbocycles. The summed E-state index contributed by atoms with van der Waals surface area (Å²) in [5.74, 6) is -0.101. The van der Waals surface area contributed by atoms with Crippen molar-refractivity contribution in [2.75, 3.05) is 26.2 Å². The van der Waals surface area contributed by atoms with Crippen LogP contribution in [0.2, 0.25) is 5.15 Å². The van der Waals surface area contributed by atoms with E-state index < -0.39 is 10.0 Å². The Hall–Kier alpha value is -3.55. The zero-order valence-corrected chi connectivity index (χ0v) is 19.5. The van der Waals surface area contributed by atoms with Gasteiger partial charge in [-0.25, -0.2) is 22.6 Å². The summed E-state index contributed by atoms with van der Waals surface area (Å²) >= 11 is 5.75. The Morgan fingerprint density at radius 2 is 1.88 bits per heavy atom. The Morgan fingerprint density at radius 1 is 1.12 bits per heavy atom. The quantitative estimate of drug-likeness (QED) is 0.405. The SMILES string of the molecule is Cc1c(C(=O)N2CCN(S(=O)(=O)c3ccc(Cl)nc3)CC2)cnn1-c1nn2cccc2c(=O)[nH]1. The van der Waals surface area contributed by atoms with E-state index >= 15 is 0 Å². The summed E-state index contributed by atoms with van der Waals surface area (Å²) in [6.45, 7) is 2.42. The zero-order chi connectivity index (χ0) is 24.0. The number of fused-ring (bicyclic) bond motifs is 1. The van der Waals surface area contributed by atoms with E-state index in [4.69, 9.17) is 11.6 Å². The van der Waals surface area contributed by atoms with Crippen molar-refractivity contribution in [2.45, 2.75) is 11.8 Å². The lowest BCUT2D eigenvalue weighted by molar-refractivity contribution is 0.0697. The van der Waals surface area contributed by atoms with E-state index in [0.717, 1.165) is 0 Å². The molecule has 1 amide bonds. The highest BCUT2D eigenvalue weighted by atomic mass is 35.5. The maximum atomic E-state index is 13.1. The molecule has 1 aliphatic heterocycles. The van der Waals surface area contributed by atoms with Gasteiger partial charge in [-0.1, -0.05) is 11.6 Å². The smallest absolute Gasteiger partial charge is 0.276 e. The number of carbonyl (C=O) groups is 1. The number of amides is 1. The number of carbonyl (C=O) groups excluding carboxylic acids is 1. The van der Waals surface area contributed by atoms with Crippen LogP contribution in [0.15, 0.2) is 52.5 Å². The molecule has 0 unspecified atom stereocenters. The van der Waals surface area contributed by atoms with Crippen LogP contribution in [0.3, 0.4) is 0 Å². The lowest BCUT2D eigenvalue weighted by Crippen LogP contribution is -2.50. The molecule has 14 heteroatoms. The Labute approximate surface area is 198 Å². The maximum Gasteiger partial charge on any atom is 0.276 e. The number of nitrogens with zero attached hydrogens (tertiary/aromatic N) is 7. The number of piperazine rings is 1. The Kier molecular flexibility index (Phi) is 5.46. The first-order valence-corrected chi connectivity index (χ1v) is 12.1. The molecule has 176 valence electrons. The largest absolute Gasteiger partial charge is 0.336 e. The molecule has 5 rings (SSSR count). The Bertz CT molecular complexity index is 1550. The van der Waals surface area contributed by atoms with Crippen LogP contribution in [-0.4, -0.2) is 79.1 Å². The average molecular weight is 503 g/mol. The topological polar surface area (TPSA) is 139 Å². The maximum absolute atomic E-state index is 13.1. The van der Waals surface area contributed by atoms with Crippen molar-refractivity contribution < 1.29 is 13.2 Å². The van der Waals surface area contributed by atoms with Gasteiger partial charge >= 0.3 is 0 Å². The van der Waals surface area contributed by atoms with Gasteiger partial charge in [0.25, 0.3) is 11.5 Å². The van der Waals surface area contributed by atoms with E-state index in [1.54, 1.807) is 30.2 Å². The number of aromatic amines is 1. The van der Waals surface area contributed by atoms with E-state index in [-0.39, 0.29) is 53.6 Å². The third-order valence-corrected chi connectivity index (χ3v) is 7.80. The van der Waals surface area contributed by atoms with E-state index in [2.05, 4.69) is 20.2 Å². The number of pyridine rings is 1. The number of halogens is 1. The lowest BCUT2D eigenvalue weighted by Gasteiger charge is -2.33. The van der Waals surface area contributed by atoms with Crippen LogP contribution in [0.25, 0.3) is 11.5 Å². The monoisotopic (exact) mass is 502 g/mol. The minimum absolute atomic E-state index is 0.0509. The fourth-order valence-corrected chi connectivity index (χ4v) is 5.31. The third kappa shape index (κ3) is 3.77. The van der Waals surface area contributed by atoms with Crippen molar-refractivity contribution in [3.05, 3.63) is 69.6 Å². The van der Waals surface area contributed by atoms with E-state index in [1.165, 1.54) is 38.0 Å². The van der Waals surface area contributed by atoms with Gasteiger partial charge in [0, 0.05) is 38.6 Å². The van der Waals surface area contributed by atoms with Gasteiger partial charge in [-0.3, -0.25) is 14.6 Å². The minimum atomic E-state index is -3.74. The predicted octanol–water partition coefficient (Wildman–Crippen LogP) is 0.712. The first-order chi connectivity index (χ1) is 16.3. The van der Waals surface area contributed by atoms with Gasteiger partial charge < -0.3 is 4.90 Å². The molecule has 5 heterocycles. The zero-order valence-electron chi connectivity index (χ0n) is 17.9. The molecule has 4 aromatic heterocycles. The van der Waals surface area contributed by atoms with Gasteiger partial charge in [-0.2, -0.15) is 9.40 Å². The molecule has 1 saturated heterocycles. The van der Waals surface area contributed by atoms with Gasteiger partial charge in [-0.15, -0.1) is 5.10 Å². The molecule has 1 aliphatic rings. The molecule has 0 saturated carbocycles. The van der Waals surface area contributed by atoms with Crippen molar-refractivity contribution in [2.24, 2.45) is 0 Å². The summed E-state index contributed by atoms with van der Waals surface area (Å²) in [6.07, 6.45) is 4.28. The first kappa shape index (κ1) is 22.3. The van der Waals surface area contributed by atoms with Crippen LogP contribution in [0.4, 0.5) is 0 Å². The molecule has 1 fully saturated rings. The van der Waals surface area contributed by atoms with Crippen molar-refractivity contribution in [3.63, 3.8) is 0 Å². The number of rotatable bonds is 4. The number of hydrogen-bond acceptors (Lipinski definition) is 7. The number of H-pyrrole nitrogens is 1. The summed E-state index contributed by atoms with van der Waals surface area (Å²) in [5.41, 5.74) is 0.911. The van der Waals surface area contributed by atoms with E-state index in [9.17, 15) is 18.0 Å². The summed E-state index contributed by atoms with van der Waals surface area (Å²) in [4.78, 5) is 33.5. The fraction of sp³-hybridized carbons (Fsp3) is 0.250. The molecular formula is C20H19ClN8O4S. The minimum Gasteiger partial charge on any atom is -0.336 e. The van der Waals surface area contributed by atoms with Gasteiger partial charge in [0.1, 0.15) is 15.6 Å². The van der Waals surface area contributed by atoms with Crippen molar-refractivity contribution in [1.82, 2.24) is 38.6 Å². The molecular weight excluding hydrogens is 484 g/mol. The van der Waals surface area contributed by atoms with Gasteiger partial charge in [0.2, 0.25) is 16.0 Å². The molecule has 0 bridgehead atoms. The molecule has 0 atom stereocenters. The van der Waals surface area contributed by atoms with E-state index in [0.29, 0.717) is 16.8 Å². The van der Waals surface area contributed by atoms with Crippen LogP contribution in [0, 0.1) is 6.92 Å². The van der Waals surface area contributed by atoms with Gasteiger partial charge in [0.15, 0.2) is 0 Å². The summed E-state index contributed by atoms with van der Waals surface area (Å²) < 4.78 is 29.8. The van der Waals surface area contributed by atoms with E-state index in [1.807, 2.05) is 0 Å². The number of sulfonamides is 1. The molecule has 0 radical (unpaired) electrons. The molecule has 0 aromatic carbocycles. The Morgan fingerprint density at radius 3 is 2.59 bits per heavy atom. The van der Waals surface area contributed by atoms with Crippen molar-refractivity contribution in [1.29, 1.82) is 0 Å². The normalized spacial score (nSPS) is 15.2. The molecule has 34 heavy (non-hydrogen) atoms. The number of nitrogens with one attached hydrogen (secondary N) is 1. The second-order valence-corrected chi connectivity index (χ2v) is 10.0. The van der Waals surface area contributed by atoms with Gasteiger partial charge in [-0.05, 0) is 31.2 Å². The van der Waals surface area contributed by atoms with Crippen LogP contribution in [0.1, 0.15) is 16.1 Å².